The smallest absolute Gasteiger partial charge is 0.338 e. The molecule has 0 atom stereocenters. The van der Waals surface area contributed by atoms with Crippen molar-refractivity contribution in [3.8, 4) is 0 Å². The number of carboxylic acids is 1. The number of hydrogen-bond acceptors (Lipinski definition) is 3. The lowest BCUT2D eigenvalue weighted by atomic mass is 9.84. The molecular formula is C18H21NO4. The summed E-state index contributed by atoms with van der Waals surface area (Å²) in [5.41, 5.74) is 2.05. The molecule has 1 aromatic carbocycles. The number of aromatic carboxylic acids is 1. The van der Waals surface area contributed by atoms with Crippen molar-refractivity contribution in [2.45, 2.75) is 26.2 Å². The second-order valence-electron chi connectivity index (χ2n) is 6.42. The van der Waals surface area contributed by atoms with Crippen LogP contribution in [-0.4, -0.2) is 35.5 Å². The number of hydrogen-bond donors (Lipinski definition) is 1. The van der Waals surface area contributed by atoms with E-state index in [1.165, 1.54) is 11.6 Å². The third-order valence-electron chi connectivity index (χ3n) is 3.87. The van der Waals surface area contributed by atoms with E-state index in [1.54, 1.807) is 11.9 Å². The Kier molecular flexibility index (Phi) is 4.59. The maximum absolute atomic E-state index is 12.4. The summed E-state index contributed by atoms with van der Waals surface area (Å²) < 4.78 is 5.07. The minimum atomic E-state index is -1.12. The molecule has 2 aromatic rings. The van der Waals surface area contributed by atoms with Crippen molar-refractivity contribution in [1.29, 1.82) is 0 Å². The van der Waals surface area contributed by atoms with E-state index in [1.807, 2.05) is 19.1 Å². The Labute approximate surface area is 135 Å². The maximum Gasteiger partial charge on any atom is 0.338 e. The molecule has 1 heterocycles. The molecule has 0 fully saturated rings. The molecule has 5 heteroatoms. The Hall–Kier alpha value is -2.56. The lowest BCUT2D eigenvalue weighted by Gasteiger charge is -2.30. The molecular weight excluding hydrogens is 294 g/mol. The van der Waals surface area contributed by atoms with E-state index in [9.17, 15) is 9.59 Å². The molecule has 1 aromatic heterocycles. The highest BCUT2D eigenvalue weighted by atomic mass is 16.4. The van der Waals surface area contributed by atoms with Crippen molar-refractivity contribution < 1.29 is 19.1 Å². The van der Waals surface area contributed by atoms with Crippen LogP contribution in [0.1, 0.15) is 45.9 Å². The highest BCUT2D eigenvalue weighted by Gasteiger charge is 2.26. The van der Waals surface area contributed by atoms with Gasteiger partial charge in [-0.3, -0.25) is 4.79 Å². The summed E-state index contributed by atoms with van der Waals surface area (Å²) in [5.74, 6) is -1.42. The minimum Gasteiger partial charge on any atom is -0.478 e. The van der Waals surface area contributed by atoms with E-state index in [0.29, 0.717) is 6.54 Å². The first kappa shape index (κ1) is 16.8. The third kappa shape index (κ3) is 3.80. The van der Waals surface area contributed by atoms with Crippen molar-refractivity contribution in [3.63, 3.8) is 0 Å². The molecule has 0 radical (unpaired) electrons. The first-order chi connectivity index (χ1) is 10.7. The first-order valence-electron chi connectivity index (χ1n) is 7.35. The molecule has 122 valence electrons. The molecule has 1 amide bonds. The number of amides is 1. The summed E-state index contributed by atoms with van der Waals surface area (Å²) >= 11 is 0. The number of carboxylic acid groups (broad SMARTS) is 1. The Morgan fingerprint density at radius 3 is 2.35 bits per heavy atom. The molecule has 5 nitrogen and oxygen atoms in total. The number of carbonyl (C=O) groups is 2. The monoisotopic (exact) mass is 315 g/mol. The van der Waals surface area contributed by atoms with Crippen molar-refractivity contribution in [2.24, 2.45) is 0 Å². The molecule has 1 N–H and O–H groups in total. The van der Waals surface area contributed by atoms with Crippen LogP contribution in [0, 0.1) is 6.92 Å². The zero-order valence-electron chi connectivity index (χ0n) is 13.8. The Bertz CT molecular complexity index is 713. The van der Waals surface area contributed by atoms with Gasteiger partial charge in [-0.2, -0.15) is 0 Å². The van der Waals surface area contributed by atoms with Gasteiger partial charge in [0.1, 0.15) is 6.26 Å². The molecule has 0 aliphatic carbocycles. The van der Waals surface area contributed by atoms with Crippen LogP contribution in [-0.2, 0) is 5.41 Å². The highest BCUT2D eigenvalue weighted by molar-refractivity contribution is 5.95. The van der Waals surface area contributed by atoms with Gasteiger partial charge < -0.3 is 14.4 Å². The Balaban J connectivity index is 2.12. The molecule has 0 unspecified atom stereocenters. The molecule has 0 aliphatic heterocycles. The van der Waals surface area contributed by atoms with Crippen LogP contribution < -0.4 is 0 Å². The minimum absolute atomic E-state index is 0.0282. The van der Waals surface area contributed by atoms with E-state index >= 15 is 0 Å². The SMILES string of the molecule is Cc1ccc(C(C)(C)CN(C)C(=O)c2cc(C(=O)O)co2)cc1. The summed E-state index contributed by atoms with van der Waals surface area (Å²) in [6, 6.07) is 9.46. The lowest BCUT2D eigenvalue weighted by Crippen LogP contribution is -2.38. The zero-order valence-corrected chi connectivity index (χ0v) is 13.8. The van der Waals surface area contributed by atoms with Crippen LogP contribution in [0.3, 0.4) is 0 Å². The number of furan rings is 1. The molecule has 0 bridgehead atoms. The summed E-state index contributed by atoms with van der Waals surface area (Å²) in [7, 11) is 1.68. The fourth-order valence-corrected chi connectivity index (χ4v) is 2.51. The van der Waals surface area contributed by atoms with Crippen molar-refractivity contribution in [1.82, 2.24) is 4.90 Å². The van der Waals surface area contributed by atoms with Crippen LogP contribution in [0.2, 0.25) is 0 Å². The van der Waals surface area contributed by atoms with E-state index < -0.39 is 5.97 Å². The molecule has 2 rings (SSSR count). The average Bonchev–Trinajstić information content (AvgIpc) is 2.96. The van der Waals surface area contributed by atoms with Gasteiger partial charge in [-0.15, -0.1) is 0 Å². The topological polar surface area (TPSA) is 70.8 Å². The van der Waals surface area contributed by atoms with Crippen LogP contribution in [0.5, 0.6) is 0 Å². The average molecular weight is 315 g/mol. The van der Waals surface area contributed by atoms with Gasteiger partial charge in [0.25, 0.3) is 5.91 Å². The standard InChI is InChI=1S/C18H21NO4/c1-12-5-7-14(8-6-12)18(2,3)11-19(4)16(20)15-9-13(10-23-15)17(21)22/h5-10H,11H2,1-4H3,(H,21,22). The summed E-state index contributed by atoms with van der Waals surface area (Å²) in [6.45, 7) is 6.64. The molecule has 0 saturated carbocycles. The number of carbonyl (C=O) groups excluding carboxylic acids is 1. The van der Waals surface area contributed by atoms with E-state index in [0.717, 1.165) is 11.8 Å². The largest absolute Gasteiger partial charge is 0.478 e. The van der Waals surface area contributed by atoms with Gasteiger partial charge in [-0.1, -0.05) is 43.7 Å². The summed E-state index contributed by atoms with van der Waals surface area (Å²) in [6.07, 6.45) is 1.08. The van der Waals surface area contributed by atoms with Crippen LogP contribution in [0.15, 0.2) is 41.0 Å². The first-order valence-corrected chi connectivity index (χ1v) is 7.35. The Morgan fingerprint density at radius 2 is 1.83 bits per heavy atom. The quantitative estimate of drug-likeness (QED) is 0.918. The van der Waals surface area contributed by atoms with E-state index in [2.05, 4.69) is 26.0 Å². The normalized spacial score (nSPS) is 11.3. The number of aryl methyl sites for hydroxylation is 1. The number of likely N-dealkylation sites (N-methyl/N-ethyl adjacent to an activating group) is 1. The number of benzene rings is 1. The van der Waals surface area contributed by atoms with Gasteiger partial charge in [-0.05, 0) is 12.5 Å². The predicted molar refractivity (Wildman–Crippen MR) is 86.8 cm³/mol. The van der Waals surface area contributed by atoms with Gasteiger partial charge in [0.2, 0.25) is 0 Å². The lowest BCUT2D eigenvalue weighted by molar-refractivity contribution is 0.0694. The highest BCUT2D eigenvalue weighted by Crippen LogP contribution is 2.25. The van der Waals surface area contributed by atoms with Crippen molar-refractivity contribution in [3.05, 3.63) is 59.0 Å². The molecule has 0 aliphatic rings. The second kappa shape index (κ2) is 6.28. The zero-order chi connectivity index (χ0) is 17.2. The molecule has 23 heavy (non-hydrogen) atoms. The van der Waals surface area contributed by atoms with Crippen molar-refractivity contribution >= 4 is 11.9 Å². The van der Waals surface area contributed by atoms with Gasteiger partial charge >= 0.3 is 5.97 Å². The fraction of sp³-hybridized carbons (Fsp3) is 0.333. The van der Waals surface area contributed by atoms with Crippen LogP contribution in [0.4, 0.5) is 0 Å². The number of rotatable bonds is 5. The van der Waals surface area contributed by atoms with Gasteiger partial charge in [0.15, 0.2) is 5.76 Å². The van der Waals surface area contributed by atoms with Gasteiger partial charge in [-0.25, -0.2) is 4.79 Å². The summed E-state index contributed by atoms with van der Waals surface area (Å²) in [4.78, 5) is 24.8. The van der Waals surface area contributed by atoms with Gasteiger partial charge in [0, 0.05) is 25.1 Å². The fourth-order valence-electron chi connectivity index (χ4n) is 2.51. The van der Waals surface area contributed by atoms with E-state index in [4.69, 9.17) is 9.52 Å². The third-order valence-corrected chi connectivity index (χ3v) is 3.87. The number of nitrogens with zero attached hydrogens (tertiary/aromatic N) is 1. The van der Waals surface area contributed by atoms with Gasteiger partial charge in [0.05, 0.1) is 5.56 Å². The van der Waals surface area contributed by atoms with Crippen LogP contribution in [0.25, 0.3) is 0 Å². The molecule has 0 saturated heterocycles. The van der Waals surface area contributed by atoms with E-state index in [-0.39, 0.29) is 22.6 Å². The second-order valence-corrected chi connectivity index (χ2v) is 6.42. The summed E-state index contributed by atoms with van der Waals surface area (Å²) in [5, 5.41) is 8.89. The van der Waals surface area contributed by atoms with Crippen LogP contribution >= 0.6 is 0 Å². The van der Waals surface area contributed by atoms with Crippen molar-refractivity contribution in [2.75, 3.05) is 13.6 Å². The Morgan fingerprint density at radius 1 is 1.22 bits per heavy atom. The molecule has 0 spiro atoms. The predicted octanol–water partition coefficient (Wildman–Crippen LogP) is 3.34. The maximum atomic E-state index is 12.4.